The van der Waals surface area contributed by atoms with E-state index in [1.165, 1.54) is 26.5 Å². The van der Waals surface area contributed by atoms with Gasteiger partial charge in [-0.25, -0.2) is 18.6 Å². The predicted octanol–water partition coefficient (Wildman–Crippen LogP) is 7.24. The van der Waals surface area contributed by atoms with E-state index in [1.54, 1.807) is 48.5 Å². The van der Waals surface area contributed by atoms with Crippen LogP contribution in [-0.2, 0) is 24.4 Å². The highest BCUT2D eigenvalue weighted by atomic mass is 19.1. The number of nitrogens with zero attached hydrogens (tertiary/aromatic N) is 2. The molecule has 0 aliphatic rings. The van der Waals surface area contributed by atoms with Crippen LogP contribution in [0.5, 0.6) is 11.5 Å². The highest BCUT2D eigenvalue weighted by molar-refractivity contribution is 6.06. The summed E-state index contributed by atoms with van der Waals surface area (Å²) < 4.78 is 45.5. The van der Waals surface area contributed by atoms with E-state index in [9.17, 15) is 23.2 Å². The second-order valence-electron chi connectivity index (χ2n) is 12.9. The van der Waals surface area contributed by atoms with E-state index in [1.807, 2.05) is 36.4 Å². The molecule has 13 heteroatoms. The number of hydrogen-bond acceptors (Lipinski definition) is 9. The van der Waals surface area contributed by atoms with Crippen molar-refractivity contribution in [2.45, 2.75) is 39.0 Å². The first-order valence-corrected chi connectivity index (χ1v) is 18.4. The number of aromatic nitrogens is 2. The highest BCUT2D eigenvalue weighted by Crippen LogP contribution is 2.29. The maximum Gasteiger partial charge on any atom is 0.338 e. The molecular formula is C45H40F2N4O7. The summed E-state index contributed by atoms with van der Waals surface area (Å²) >= 11 is 0. The fraction of sp³-hybridized carbons (Fsp3) is 0.200. The van der Waals surface area contributed by atoms with E-state index >= 15 is 0 Å². The lowest BCUT2D eigenvalue weighted by Gasteiger charge is -2.19. The van der Waals surface area contributed by atoms with Gasteiger partial charge in [-0.15, -0.1) is 4.73 Å². The van der Waals surface area contributed by atoms with Crippen LogP contribution < -0.4 is 30.5 Å². The Balaban J connectivity index is 1.34. The van der Waals surface area contributed by atoms with Crippen LogP contribution in [0, 0.1) is 23.5 Å². The summed E-state index contributed by atoms with van der Waals surface area (Å²) in [6.45, 7) is -0.0278. The maximum absolute atomic E-state index is 14.6. The molecule has 0 saturated heterocycles. The monoisotopic (exact) mass is 786 g/mol. The number of pyridine rings is 2. The summed E-state index contributed by atoms with van der Waals surface area (Å²) in [5.74, 6) is 4.45. The van der Waals surface area contributed by atoms with Crippen molar-refractivity contribution in [3.63, 3.8) is 0 Å². The average molecular weight is 787 g/mol. The SMILES string of the molecule is COc1ccc(CNc2c(C(=O)NCc3ccc(F)cc3F)c(=O)n(OCc3ccccc3)c3ncc(C#CCCCCOC(=O)c4ccccc4)cc23)c(OC)c1. The fourth-order valence-electron chi connectivity index (χ4n) is 5.95. The van der Waals surface area contributed by atoms with E-state index in [0.717, 1.165) is 16.4 Å². The summed E-state index contributed by atoms with van der Waals surface area (Å²) in [7, 11) is 3.05. The number of fused-ring (bicyclic) bond motifs is 1. The van der Waals surface area contributed by atoms with Crippen LogP contribution in [0.2, 0.25) is 0 Å². The third kappa shape index (κ3) is 10.2. The Kier molecular flexibility index (Phi) is 13.7. The van der Waals surface area contributed by atoms with Gasteiger partial charge in [0, 0.05) is 59.9 Å². The Labute approximate surface area is 333 Å². The number of methoxy groups -OCH3 is 2. The van der Waals surface area contributed by atoms with Gasteiger partial charge >= 0.3 is 5.97 Å². The van der Waals surface area contributed by atoms with Crippen LogP contribution in [0.4, 0.5) is 14.5 Å². The Bertz CT molecular complexity index is 2520. The standard InChI is InChI=1S/C45H40F2N4O7/c1-55-36-21-19-34(39(25-36)56-2)28-48-41-37-23-31(15-7-3-4-12-22-57-45(54)32-16-10-6-11-17-32)26-49-42(37)51(58-29-30-13-8-5-9-14-30)44(53)40(41)43(52)50-27-33-18-20-35(46)24-38(33)47/h5-6,8-11,13-14,16-21,23-26,48H,3-4,12,22,27-29H2,1-2H3,(H,50,52). The number of ether oxygens (including phenoxy) is 3. The lowest BCUT2D eigenvalue weighted by molar-refractivity contribution is 0.0498. The number of benzene rings is 4. The number of esters is 1. The highest BCUT2D eigenvalue weighted by Gasteiger charge is 2.25. The molecule has 11 nitrogen and oxygen atoms in total. The minimum atomic E-state index is -0.854. The fourth-order valence-corrected chi connectivity index (χ4v) is 5.95. The topological polar surface area (TPSA) is 130 Å². The zero-order valence-corrected chi connectivity index (χ0v) is 31.9. The summed E-state index contributed by atoms with van der Waals surface area (Å²) in [6, 6.07) is 27.9. The van der Waals surface area contributed by atoms with Gasteiger partial charge in [-0.1, -0.05) is 66.4 Å². The Morgan fingerprint density at radius 3 is 2.34 bits per heavy atom. The number of hydrogen-bond donors (Lipinski definition) is 2. The van der Waals surface area contributed by atoms with E-state index in [4.69, 9.17) is 19.0 Å². The number of halogens is 2. The number of carbonyl (C=O) groups excluding carboxylic acids is 2. The number of unbranched alkanes of at least 4 members (excludes halogenated alkanes) is 2. The van der Waals surface area contributed by atoms with Crippen molar-refractivity contribution in [3.05, 3.63) is 165 Å². The van der Waals surface area contributed by atoms with Crippen LogP contribution in [-0.4, -0.2) is 42.4 Å². The van der Waals surface area contributed by atoms with Gasteiger partial charge in [0.2, 0.25) is 0 Å². The van der Waals surface area contributed by atoms with Crippen LogP contribution in [0.25, 0.3) is 11.0 Å². The van der Waals surface area contributed by atoms with Gasteiger partial charge in [0.15, 0.2) is 5.65 Å². The van der Waals surface area contributed by atoms with Gasteiger partial charge < -0.3 is 29.7 Å². The normalized spacial score (nSPS) is 10.6. The molecule has 0 atom stereocenters. The molecule has 6 aromatic rings. The molecule has 6 rings (SSSR count). The second-order valence-corrected chi connectivity index (χ2v) is 12.9. The molecule has 296 valence electrons. The molecule has 58 heavy (non-hydrogen) atoms. The van der Waals surface area contributed by atoms with Crippen molar-refractivity contribution in [3.8, 4) is 23.3 Å². The smallest absolute Gasteiger partial charge is 0.338 e. The van der Waals surface area contributed by atoms with Crippen molar-refractivity contribution >= 4 is 28.6 Å². The lowest BCUT2D eigenvalue weighted by Crippen LogP contribution is -2.37. The molecule has 0 aliphatic carbocycles. The first kappa shape index (κ1) is 40.5. The van der Waals surface area contributed by atoms with Gasteiger partial charge in [0.25, 0.3) is 11.5 Å². The van der Waals surface area contributed by atoms with E-state index in [0.29, 0.717) is 58.9 Å². The molecule has 2 N–H and O–H groups in total. The Hall–Kier alpha value is -7.20. The molecule has 2 heterocycles. The number of carbonyl (C=O) groups is 2. The van der Waals surface area contributed by atoms with E-state index < -0.39 is 23.1 Å². The van der Waals surface area contributed by atoms with Gasteiger partial charge in [-0.3, -0.25) is 9.59 Å². The first-order chi connectivity index (χ1) is 28.2. The molecule has 2 aromatic heterocycles. The number of nitrogens with one attached hydrogen (secondary N) is 2. The minimum Gasteiger partial charge on any atom is -0.497 e. The molecule has 0 aliphatic heterocycles. The molecule has 1 amide bonds. The lowest BCUT2D eigenvalue weighted by atomic mass is 10.1. The van der Waals surface area contributed by atoms with E-state index in [-0.39, 0.29) is 54.7 Å². The van der Waals surface area contributed by atoms with Gasteiger partial charge in [0.05, 0.1) is 32.1 Å². The van der Waals surface area contributed by atoms with Crippen LogP contribution in [0.3, 0.4) is 0 Å². The third-order valence-corrected chi connectivity index (χ3v) is 8.98. The Morgan fingerprint density at radius 2 is 1.60 bits per heavy atom. The van der Waals surface area contributed by atoms with Crippen LogP contribution in [0.1, 0.15) is 62.2 Å². The molecule has 0 bridgehead atoms. The summed E-state index contributed by atoms with van der Waals surface area (Å²) in [5, 5.41) is 6.21. The average Bonchev–Trinajstić information content (AvgIpc) is 3.25. The zero-order chi connectivity index (χ0) is 40.9. The third-order valence-electron chi connectivity index (χ3n) is 8.98. The number of rotatable bonds is 16. The summed E-state index contributed by atoms with van der Waals surface area (Å²) in [5.41, 5.74) is 1.48. The summed E-state index contributed by atoms with van der Waals surface area (Å²) in [6.07, 6.45) is 3.28. The van der Waals surface area contributed by atoms with Crippen molar-refractivity contribution in [2.24, 2.45) is 0 Å². The largest absolute Gasteiger partial charge is 0.497 e. The van der Waals surface area contributed by atoms with Gasteiger partial charge in [0.1, 0.15) is 35.3 Å². The molecule has 0 radical (unpaired) electrons. The molecular weight excluding hydrogens is 747 g/mol. The molecule has 0 unspecified atom stereocenters. The molecule has 0 fully saturated rings. The number of anilines is 1. The zero-order valence-electron chi connectivity index (χ0n) is 31.9. The van der Waals surface area contributed by atoms with Crippen LogP contribution >= 0.6 is 0 Å². The van der Waals surface area contributed by atoms with Gasteiger partial charge in [-0.05, 0) is 54.8 Å². The maximum atomic E-state index is 14.6. The Morgan fingerprint density at radius 1 is 0.845 bits per heavy atom. The minimum absolute atomic E-state index is 0.0160. The van der Waals surface area contributed by atoms with Gasteiger partial charge in [-0.2, -0.15) is 0 Å². The van der Waals surface area contributed by atoms with Crippen molar-refractivity contribution < 1.29 is 37.4 Å². The predicted molar refractivity (Wildman–Crippen MR) is 215 cm³/mol. The number of amides is 1. The van der Waals surface area contributed by atoms with E-state index in [2.05, 4.69) is 27.5 Å². The van der Waals surface area contributed by atoms with Crippen molar-refractivity contribution in [2.75, 3.05) is 26.1 Å². The molecule has 0 spiro atoms. The quantitative estimate of drug-likeness (QED) is 0.0593. The van der Waals surface area contributed by atoms with Crippen molar-refractivity contribution in [1.82, 2.24) is 15.0 Å². The summed E-state index contributed by atoms with van der Waals surface area (Å²) in [4.78, 5) is 51.4. The van der Waals surface area contributed by atoms with Crippen molar-refractivity contribution in [1.29, 1.82) is 0 Å². The molecule has 0 saturated carbocycles. The second kappa shape index (κ2) is 19.6. The molecule has 4 aromatic carbocycles. The first-order valence-electron chi connectivity index (χ1n) is 18.4. The van der Waals surface area contributed by atoms with Crippen LogP contribution in [0.15, 0.2) is 114 Å².